The minimum atomic E-state index is 0.199. The fourth-order valence-corrected chi connectivity index (χ4v) is 1.42. The first-order valence-corrected chi connectivity index (χ1v) is 4.62. The molecule has 72 valence electrons. The molecule has 0 spiro atoms. The van der Waals surface area contributed by atoms with Gasteiger partial charge >= 0.3 is 0 Å². The van der Waals surface area contributed by atoms with Gasteiger partial charge in [-0.05, 0) is 30.5 Å². The maximum Gasteiger partial charge on any atom is 0.0556 e. The first kappa shape index (κ1) is 10.2. The molecule has 2 N–H and O–H groups in total. The van der Waals surface area contributed by atoms with Crippen LogP contribution in [0.5, 0.6) is 0 Å². The largest absolute Gasteiger partial charge is 0.395 e. The van der Waals surface area contributed by atoms with Crippen LogP contribution in [-0.2, 0) is 6.54 Å². The predicted molar refractivity (Wildman–Crippen MR) is 54.7 cm³/mol. The van der Waals surface area contributed by atoms with Gasteiger partial charge < -0.3 is 10.4 Å². The zero-order valence-corrected chi connectivity index (χ0v) is 8.30. The van der Waals surface area contributed by atoms with E-state index in [1.807, 2.05) is 0 Å². The Morgan fingerprint density at radius 3 is 2.38 bits per heavy atom. The van der Waals surface area contributed by atoms with Crippen molar-refractivity contribution in [2.24, 2.45) is 0 Å². The van der Waals surface area contributed by atoms with Gasteiger partial charge in [-0.2, -0.15) is 0 Å². The van der Waals surface area contributed by atoms with Gasteiger partial charge in [0.15, 0.2) is 0 Å². The smallest absolute Gasteiger partial charge is 0.0556 e. The molecule has 0 fully saturated rings. The molecule has 0 radical (unpaired) electrons. The third-order valence-corrected chi connectivity index (χ3v) is 2.23. The van der Waals surface area contributed by atoms with Crippen molar-refractivity contribution in [2.45, 2.75) is 20.4 Å². The number of aliphatic hydroxyl groups is 1. The average Bonchev–Trinajstić information content (AvgIpc) is 2.10. The van der Waals surface area contributed by atoms with E-state index in [1.54, 1.807) is 0 Å². The van der Waals surface area contributed by atoms with Crippen molar-refractivity contribution in [2.75, 3.05) is 13.2 Å². The zero-order valence-electron chi connectivity index (χ0n) is 8.30. The molecule has 0 aliphatic heterocycles. The molecule has 0 aliphatic carbocycles. The maximum absolute atomic E-state index is 8.62. The summed E-state index contributed by atoms with van der Waals surface area (Å²) in [6.07, 6.45) is 0. The molecule has 0 saturated carbocycles. The molecular formula is C11H17NO. The van der Waals surface area contributed by atoms with E-state index in [1.165, 1.54) is 16.7 Å². The Morgan fingerprint density at radius 2 is 1.85 bits per heavy atom. The van der Waals surface area contributed by atoms with Gasteiger partial charge in [0.2, 0.25) is 0 Å². The third-order valence-electron chi connectivity index (χ3n) is 2.23. The molecular weight excluding hydrogens is 162 g/mol. The van der Waals surface area contributed by atoms with E-state index in [9.17, 15) is 0 Å². The highest BCUT2D eigenvalue weighted by molar-refractivity contribution is 5.33. The lowest BCUT2D eigenvalue weighted by molar-refractivity contribution is 0.292. The number of benzene rings is 1. The number of rotatable bonds is 4. The Hall–Kier alpha value is -0.860. The number of hydrogen-bond donors (Lipinski definition) is 2. The average molecular weight is 179 g/mol. The van der Waals surface area contributed by atoms with Crippen LogP contribution in [0, 0.1) is 13.8 Å². The highest BCUT2D eigenvalue weighted by Gasteiger charge is 1.99. The third kappa shape index (κ3) is 2.83. The normalized spacial score (nSPS) is 10.4. The molecule has 13 heavy (non-hydrogen) atoms. The van der Waals surface area contributed by atoms with Crippen LogP contribution in [0.2, 0.25) is 0 Å². The van der Waals surface area contributed by atoms with Gasteiger partial charge in [-0.1, -0.05) is 18.2 Å². The zero-order chi connectivity index (χ0) is 9.68. The second kappa shape index (κ2) is 5.00. The van der Waals surface area contributed by atoms with E-state index in [0.717, 1.165) is 6.54 Å². The fourth-order valence-electron chi connectivity index (χ4n) is 1.42. The van der Waals surface area contributed by atoms with Crippen LogP contribution in [0.3, 0.4) is 0 Å². The molecule has 0 unspecified atom stereocenters. The van der Waals surface area contributed by atoms with Gasteiger partial charge in [-0.25, -0.2) is 0 Å². The molecule has 0 saturated heterocycles. The van der Waals surface area contributed by atoms with Crippen molar-refractivity contribution < 1.29 is 5.11 Å². The van der Waals surface area contributed by atoms with Gasteiger partial charge in [0.25, 0.3) is 0 Å². The quantitative estimate of drug-likeness (QED) is 0.684. The standard InChI is InChI=1S/C11H17NO/c1-9-4-3-5-10(2)11(9)8-12-6-7-13/h3-5,12-13H,6-8H2,1-2H3. The Balaban J connectivity index is 2.64. The Bertz CT molecular complexity index is 251. The summed E-state index contributed by atoms with van der Waals surface area (Å²) in [7, 11) is 0. The Morgan fingerprint density at radius 1 is 1.23 bits per heavy atom. The summed E-state index contributed by atoms with van der Waals surface area (Å²) < 4.78 is 0. The predicted octanol–water partition coefficient (Wildman–Crippen LogP) is 1.39. The van der Waals surface area contributed by atoms with E-state index < -0.39 is 0 Å². The lowest BCUT2D eigenvalue weighted by Crippen LogP contribution is -2.18. The van der Waals surface area contributed by atoms with Gasteiger partial charge in [-0.3, -0.25) is 0 Å². The van der Waals surface area contributed by atoms with Crippen LogP contribution in [0.1, 0.15) is 16.7 Å². The van der Waals surface area contributed by atoms with Crippen LogP contribution >= 0.6 is 0 Å². The molecule has 0 amide bonds. The van der Waals surface area contributed by atoms with Gasteiger partial charge in [0.05, 0.1) is 6.61 Å². The van der Waals surface area contributed by atoms with Crippen LogP contribution in [0.15, 0.2) is 18.2 Å². The SMILES string of the molecule is Cc1cccc(C)c1CNCCO. The van der Waals surface area contributed by atoms with E-state index in [0.29, 0.717) is 6.54 Å². The fraction of sp³-hybridized carbons (Fsp3) is 0.455. The number of aryl methyl sites for hydroxylation is 2. The van der Waals surface area contributed by atoms with Gasteiger partial charge in [0.1, 0.15) is 0 Å². The van der Waals surface area contributed by atoms with Gasteiger partial charge in [-0.15, -0.1) is 0 Å². The van der Waals surface area contributed by atoms with Crippen LogP contribution in [0.25, 0.3) is 0 Å². The molecule has 0 aliphatic rings. The Labute approximate surface area is 79.6 Å². The molecule has 0 heterocycles. The number of aliphatic hydroxyl groups excluding tert-OH is 1. The topological polar surface area (TPSA) is 32.3 Å². The lowest BCUT2D eigenvalue weighted by atomic mass is 10.0. The Kier molecular flexibility index (Phi) is 3.93. The van der Waals surface area contributed by atoms with Crippen molar-refractivity contribution in [3.8, 4) is 0 Å². The summed E-state index contributed by atoms with van der Waals surface area (Å²) in [5.74, 6) is 0. The van der Waals surface area contributed by atoms with Crippen LogP contribution in [0.4, 0.5) is 0 Å². The first-order chi connectivity index (χ1) is 6.25. The molecule has 2 heteroatoms. The van der Waals surface area contributed by atoms with Crippen molar-refractivity contribution >= 4 is 0 Å². The highest BCUT2D eigenvalue weighted by atomic mass is 16.3. The number of hydrogen-bond acceptors (Lipinski definition) is 2. The second-order valence-electron chi connectivity index (χ2n) is 3.27. The molecule has 1 aromatic rings. The van der Waals surface area contributed by atoms with Crippen molar-refractivity contribution in [3.05, 3.63) is 34.9 Å². The first-order valence-electron chi connectivity index (χ1n) is 4.62. The maximum atomic E-state index is 8.62. The molecule has 2 nitrogen and oxygen atoms in total. The molecule has 0 bridgehead atoms. The van der Waals surface area contributed by atoms with Crippen molar-refractivity contribution in [1.82, 2.24) is 5.32 Å². The minimum Gasteiger partial charge on any atom is -0.395 e. The van der Waals surface area contributed by atoms with E-state index >= 15 is 0 Å². The summed E-state index contributed by atoms with van der Waals surface area (Å²) in [4.78, 5) is 0. The number of nitrogens with one attached hydrogen (secondary N) is 1. The summed E-state index contributed by atoms with van der Waals surface area (Å²) in [6, 6.07) is 6.30. The van der Waals surface area contributed by atoms with Crippen molar-refractivity contribution in [3.63, 3.8) is 0 Å². The molecule has 1 aromatic carbocycles. The highest BCUT2D eigenvalue weighted by Crippen LogP contribution is 2.12. The van der Waals surface area contributed by atoms with Crippen molar-refractivity contribution in [1.29, 1.82) is 0 Å². The minimum absolute atomic E-state index is 0.199. The summed E-state index contributed by atoms with van der Waals surface area (Å²) in [6.45, 7) is 5.93. The molecule has 0 aromatic heterocycles. The molecule has 1 rings (SSSR count). The molecule has 0 atom stereocenters. The van der Waals surface area contributed by atoms with Crippen LogP contribution < -0.4 is 5.32 Å². The summed E-state index contributed by atoms with van der Waals surface area (Å²) in [5.41, 5.74) is 3.96. The summed E-state index contributed by atoms with van der Waals surface area (Å²) in [5, 5.41) is 11.8. The van der Waals surface area contributed by atoms with Gasteiger partial charge in [0, 0.05) is 13.1 Å². The van der Waals surface area contributed by atoms with E-state index in [2.05, 4.69) is 37.4 Å². The monoisotopic (exact) mass is 179 g/mol. The van der Waals surface area contributed by atoms with E-state index in [4.69, 9.17) is 5.11 Å². The second-order valence-corrected chi connectivity index (χ2v) is 3.27. The van der Waals surface area contributed by atoms with Crippen LogP contribution in [-0.4, -0.2) is 18.3 Å². The van der Waals surface area contributed by atoms with E-state index in [-0.39, 0.29) is 6.61 Å². The lowest BCUT2D eigenvalue weighted by Gasteiger charge is -2.09. The summed E-state index contributed by atoms with van der Waals surface area (Å²) >= 11 is 0.